The zero-order valence-corrected chi connectivity index (χ0v) is 17.3. The van der Waals surface area contributed by atoms with E-state index >= 15 is 0 Å². The number of piperidine rings is 1. The molecule has 1 atom stereocenters. The van der Waals surface area contributed by atoms with E-state index < -0.39 is 0 Å². The lowest BCUT2D eigenvalue weighted by Gasteiger charge is -2.34. The van der Waals surface area contributed by atoms with E-state index in [1.807, 2.05) is 0 Å². The number of halogens is 1. The Hall–Kier alpha value is -0.820. The highest BCUT2D eigenvalue weighted by Crippen LogP contribution is 2.25. The minimum absolute atomic E-state index is 0. The average molecular weight is 442 g/mol. The average Bonchev–Trinajstić information content (AvgIpc) is 3.01. The first kappa shape index (κ1) is 19.5. The molecule has 3 rings (SSSR count). The van der Waals surface area contributed by atoms with Gasteiger partial charge in [-0.1, -0.05) is 6.07 Å². The summed E-state index contributed by atoms with van der Waals surface area (Å²) in [5.41, 5.74) is 10.1. The molecular weight excluding hydrogens is 411 g/mol. The van der Waals surface area contributed by atoms with Crippen molar-refractivity contribution in [3.05, 3.63) is 29.3 Å². The number of nitrogens with two attached hydrogens (primary N) is 1. The van der Waals surface area contributed by atoms with Crippen molar-refractivity contribution in [3.63, 3.8) is 0 Å². The molecule has 1 aromatic carbocycles. The number of aliphatic imine (C=N–C) groups is 1. The smallest absolute Gasteiger partial charge is 0.193 e. The summed E-state index contributed by atoms with van der Waals surface area (Å²) >= 11 is 0. The van der Waals surface area contributed by atoms with E-state index in [1.54, 1.807) is 0 Å². The summed E-state index contributed by atoms with van der Waals surface area (Å²) in [4.78, 5) is 7.14. The molecule has 1 aromatic rings. The number of aryl methyl sites for hydroxylation is 2. The van der Waals surface area contributed by atoms with Crippen LogP contribution in [0.3, 0.4) is 0 Å². The number of rotatable bonds is 4. The van der Waals surface area contributed by atoms with Crippen LogP contribution in [0.2, 0.25) is 0 Å². The number of hydrogen-bond acceptors (Lipinski definition) is 2. The molecule has 1 aliphatic heterocycles. The van der Waals surface area contributed by atoms with E-state index in [1.165, 1.54) is 49.8 Å². The summed E-state index contributed by atoms with van der Waals surface area (Å²) in [6.07, 6.45) is 6.22. The third-order valence-corrected chi connectivity index (χ3v) is 5.17. The predicted octanol–water partition coefficient (Wildman–Crippen LogP) is 3.64. The van der Waals surface area contributed by atoms with Crippen molar-refractivity contribution in [1.29, 1.82) is 0 Å². The first-order chi connectivity index (χ1) is 11.1. The molecule has 24 heavy (non-hydrogen) atoms. The van der Waals surface area contributed by atoms with Crippen LogP contribution in [0.15, 0.2) is 23.2 Å². The van der Waals surface area contributed by atoms with Crippen LogP contribution in [0.4, 0.5) is 5.69 Å². The number of fused-ring (bicyclic) bond motifs is 1. The highest BCUT2D eigenvalue weighted by Gasteiger charge is 2.21. The SMILES string of the molecule is CC(C)N1CCCC(CN=C(N)Nc2ccc3c(c2)CCC3)C1.I. The minimum atomic E-state index is 0. The summed E-state index contributed by atoms with van der Waals surface area (Å²) in [5, 5.41) is 3.26. The number of anilines is 1. The number of nitrogens with zero attached hydrogens (tertiary/aromatic N) is 2. The van der Waals surface area contributed by atoms with Crippen molar-refractivity contribution in [1.82, 2.24) is 4.90 Å². The normalized spacial score (nSPS) is 21.5. The van der Waals surface area contributed by atoms with Crippen LogP contribution in [0.5, 0.6) is 0 Å². The van der Waals surface area contributed by atoms with Gasteiger partial charge in [0.25, 0.3) is 0 Å². The van der Waals surface area contributed by atoms with Crippen LogP contribution in [-0.2, 0) is 12.8 Å². The molecule has 1 saturated heterocycles. The van der Waals surface area contributed by atoms with Gasteiger partial charge in [-0.25, -0.2) is 0 Å². The third-order valence-electron chi connectivity index (χ3n) is 5.17. The molecule has 1 fully saturated rings. The van der Waals surface area contributed by atoms with Crippen LogP contribution in [0.1, 0.15) is 44.2 Å². The molecule has 1 aliphatic carbocycles. The molecule has 134 valence electrons. The van der Waals surface area contributed by atoms with E-state index in [4.69, 9.17) is 5.73 Å². The van der Waals surface area contributed by atoms with Crippen LogP contribution >= 0.6 is 24.0 Å². The molecule has 0 radical (unpaired) electrons. The van der Waals surface area contributed by atoms with E-state index in [2.05, 4.69) is 47.3 Å². The van der Waals surface area contributed by atoms with Crippen LogP contribution < -0.4 is 11.1 Å². The quantitative estimate of drug-likeness (QED) is 0.425. The highest BCUT2D eigenvalue weighted by molar-refractivity contribution is 14.0. The molecule has 0 aromatic heterocycles. The molecule has 0 spiro atoms. The fraction of sp³-hybridized carbons (Fsp3) is 0.632. The number of likely N-dealkylation sites (tertiary alicyclic amines) is 1. The van der Waals surface area contributed by atoms with Crippen LogP contribution in [0, 0.1) is 5.92 Å². The van der Waals surface area contributed by atoms with E-state index in [9.17, 15) is 0 Å². The minimum Gasteiger partial charge on any atom is -0.370 e. The van der Waals surface area contributed by atoms with Crippen molar-refractivity contribution >= 4 is 35.6 Å². The topological polar surface area (TPSA) is 53.6 Å². The van der Waals surface area contributed by atoms with Gasteiger partial charge in [0.15, 0.2) is 5.96 Å². The summed E-state index contributed by atoms with van der Waals surface area (Å²) < 4.78 is 0. The molecule has 3 N–H and O–H groups in total. The Labute approximate surface area is 163 Å². The van der Waals surface area contributed by atoms with E-state index in [-0.39, 0.29) is 24.0 Å². The second kappa shape index (κ2) is 9.04. The Morgan fingerprint density at radius 1 is 1.29 bits per heavy atom. The van der Waals surface area contributed by atoms with Gasteiger partial charge in [-0.05, 0) is 81.7 Å². The van der Waals surface area contributed by atoms with Crippen molar-refractivity contribution in [2.75, 3.05) is 25.0 Å². The first-order valence-corrected chi connectivity index (χ1v) is 9.04. The van der Waals surface area contributed by atoms with Gasteiger partial charge in [-0.2, -0.15) is 0 Å². The van der Waals surface area contributed by atoms with E-state index in [0.29, 0.717) is 17.9 Å². The molecule has 0 saturated carbocycles. The molecule has 1 heterocycles. The monoisotopic (exact) mass is 442 g/mol. The second-order valence-corrected chi connectivity index (χ2v) is 7.28. The predicted molar refractivity (Wildman–Crippen MR) is 113 cm³/mol. The maximum Gasteiger partial charge on any atom is 0.193 e. The van der Waals surface area contributed by atoms with Gasteiger partial charge in [0.1, 0.15) is 0 Å². The van der Waals surface area contributed by atoms with Gasteiger partial charge in [0, 0.05) is 24.8 Å². The molecule has 4 nitrogen and oxygen atoms in total. The Balaban J connectivity index is 0.00000208. The lowest BCUT2D eigenvalue weighted by atomic mass is 9.97. The largest absolute Gasteiger partial charge is 0.370 e. The Morgan fingerprint density at radius 3 is 2.88 bits per heavy atom. The number of hydrogen-bond donors (Lipinski definition) is 2. The fourth-order valence-corrected chi connectivity index (χ4v) is 3.78. The van der Waals surface area contributed by atoms with Gasteiger partial charge in [-0.3, -0.25) is 4.99 Å². The number of guanidine groups is 1. The summed E-state index contributed by atoms with van der Waals surface area (Å²) in [5.74, 6) is 1.18. The first-order valence-electron chi connectivity index (χ1n) is 9.04. The maximum absolute atomic E-state index is 6.09. The number of benzene rings is 1. The summed E-state index contributed by atoms with van der Waals surface area (Å²) in [7, 11) is 0. The zero-order chi connectivity index (χ0) is 16.2. The fourth-order valence-electron chi connectivity index (χ4n) is 3.78. The van der Waals surface area contributed by atoms with Gasteiger partial charge in [-0.15, -0.1) is 24.0 Å². The highest BCUT2D eigenvalue weighted by atomic mass is 127. The van der Waals surface area contributed by atoms with Gasteiger partial charge in [0.2, 0.25) is 0 Å². The van der Waals surface area contributed by atoms with Gasteiger partial charge < -0.3 is 16.0 Å². The number of nitrogens with one attached hydrogen (secondary N) is 1. The lowest BCUT2D eigenvalue weighted by Crippen LogP contribution is -2.41. The molecule has 5 heteroatoms. The second-order valence-electron chi connectivity index (χ2n) is 7.28. The van der Waals surface area contributed by atoms with Crippen LogP contribution in [-0.4, -0.2) is 36.5 Å². The van der Waals surface area contributed by atoms with Gasteiger partial charge >= 0.3 is 0 Å². The third kappa shape index (κ3) is 5.09. The molecular formula is C19H31IN4. The van der Waals surface area contributed by atoms with Crippen molar-refractivity contribution in [2.45, 2.75) is 52.0 Å². The molecule has 2 aliphatic rings. The molecule has 1 unspecified atom stereocenters. The van der Waals surface area contributed by atoms with Crippen molar-refractivity contribution < 1.29 is 0 Å². The summed E-state index contributed by atoms with van der Waals surface area (Å²) in [6.45, 7) is 7.74. The van der Waals surface area contributed by atoms with Crippen molar-refractivity contribution in [2.24, 2.45) is 16.6 Å². The Kier molecular flexibility index (Phi) is 7.34. The van der Waals surface area contributed by atoms with E-state index in [0.717, 1.165) is 18.8 Å². The summed E-state index contributed by atoms with van der Waals surface area (Å²) in [6, 6.07) is 7.20. The lowest BCUT2D eigenvalue weighted by molar-refractivity contribution is 0.143. The van der Waals surface area contributed by atoms with Crippen LogP contribution in [0.25, 0.3) is 0 Å². The standard InChI is InChI=1S/C19H30N4.HI/c1-14(2)23-10-4-5-15(13-23)12-21-19(20)22-18-9-8-16-6-3-7-17(16)11-18;/h8-9,11,14-15H,3-7,10,12-13H2,1-2H3,(H3,20,21,22);1H. The Morgan fingerprint density at radius 2 is 2.08 bits per heavy atom. The zero-order valence-electron chi connectivity index (χ0n) is 14.9. The maximum atomic E-state index is 6.09. The van der Waals surface area contributed by atoms with Crippen molar-refractivity contribution in [3.8, 4) is 0 Å². The Bertz CT molecular complexity index is 570. The molecule has 0 amide bonds. The molecule has 0 bridgehead atoms. The van der Waals surface area contributed by atoms with Gasteiger partial charge in [0.05, 0.1) is 0 Å².